The van der Waals surface area contributed by atoms with Gasteiger partial charge in [-0.25, -0.2) is 9.76 Å². The molecular weight excluding hydrogens is 246 g/mol. The number of nitrogens with one attached hydrogen (secondary N) is 1. The van der Waals surface area contributed by atoms with Gasteiger partial charge < -0.3 is 4.52 Å². The van der Waals surface area contributed by atoms with E-state index in [0.717, 1.165) is 0 Å². The SMILES string of the molecule is [2H]C([3H])(Cl)C([3H])([3H])N(C([3H])([3H])C([3H])([3H])Cl)P1(=O)NCCCO1. The summed E-state index contributed by atoms with van der Waals surface area (Å²) < 4.78 is 77.9. The molecule has 1 fully saturated rings. The molecule has 4 nitrogen and oxygen atoms in total. The summed E-state index contributed by atoms with van der Waals surface area (Å²) in [5.41, 5.74) is 0. The van der Waals surface area contributed by atoms with Gasteiger partial charge >= 0.3 is 7.67 Å². The van der Waals surface area contributed by atoms with Gasteiger partial charge in [-0.05, 0) is 6.42 Å². The molecule has 0 aromatic rings. The zero-order valence-electron chi connectivity index (χ0n) is 15.1. The van der Waals surface area contributed by atoms with Crippen molar-refractivity contribution in [1.29, 1.82) is 0 Å². The Balaban J connectivity index is 3.50. The lowest BCUT2D eigenvalue weighted by Gasteiger charge is -2.33. The van der Waals surface area contributed by atoms with E-state index in [1.807, 2.05) is 0 Å². The van der Waals surface area contributed by atoms with Gasteiger partial charge in [0.05, 0.1) is 6.61 Å². The third-order valence-corrected chi connectivity index (χ3v) is 3.51. The Bertz CT molecular complexity index is 432. The molecule has 0 aromatic heterocycles. The minimum Gasteiger partial charge on any atom is -0.306 e. The molecule has 1 aliphatic rings. The highest BCUT2D eigenvalue weighted by Crippen LogP contribution is 2.47. The summed E-state index contributed by atoms with van der Waals surface area (Å²) in [6, 6.07) is 0. The predicted molar refractivity (Wildman–Crippen MR) is 59.2 cm³/mol. The molecule has 1 saturated heterocycles. The van der Waals surface area contributed by atoms with Crippen LogP contribution in [0.3, 0.4) is 0 Å². The van der Waals surface area contributed by atoms with Crippen LogP contribution in [0.4, 0.5) is 0 Å². The van der Waals surface area contributed by atoms with Crippen molar-refractivity contribution in [3.05, 3.63) is 0 Å². The van der Waals surface area contributed by atoms with Crippen molar-refractivity contribution < 1.29 is 20.1 Å². The molecule has 84 valence electrons. The van der Waals surface area contributed by atoms with Crippen LogP contribution in [-0.2, 0) is 9.09 Å². The summed E-state index contributed by atoms with van der Waals surface area (Å²) >= 11 is 10.7. The molecule has 14 heavy (non-hydrogen) atoms. The van der Waals surface area contributed by atoms with Crippen molar-refractivity contribution in [2.45, 2.75) is 6.42 Å². The first-order valence-corrected chi connectivity index (χ1v) is 6.09. The lowest BCUT2D eigenvalue weighted by Crippen LogP contribution is -2.35. The van der Waals surface area contributed by atoms with Gasteiger partial charge in [0.1, 0.15) is 0 Å². The van der Waals surface area contributed by atoms with Crippen LogP contribution < -0.4 is 5.09 Å². The van der Waals surface area contributed by atoms with Crippen molar-refractivity contribution in [2.75, 3.05) is 37.8 Å². The van der Waals surface area contributed by atoms with E-state index in [2.05, 4.69) is 5.09 Å². The van der Waals surface area contributed by atoms with Crippen molar-refractivity contribution in [2.24, 2.45) is 0 Å². The Morgan fingerprint density at radius 2 is 2.50 bits per heavy atom. The van der Waals surface area contributed by atoms with Crippen LogP contribution in [-0.4, -0.2) is 42.5 Å². The quantitative estimate of drug-likeness (QED) is 0.615. The summed E-state index contributed by atoms with van der Waals surface area (Å²) in [6.07, 6.45) is 0.408. The van der Waals surface area contributed by atoms with E-state index in [9.17, 15) is 4.57 Å². The second kappa shape index (κ2) is 6.31. The molecule has 1 aliphatic heterocycles. The lowest BCUT2D eigenvalue weighted by atomic mass is 10.5. The van der Waals surface area contributed by atoms with Gasteiger partial charge in [0.15, 0.2) is 0 Å². The second-order valence-corrected chi connectivity index (χ2v) is 4.73. The monoisotopic (exact) mass is 275 g/mol. The summed E-state index contributed by atoms with van der Waals surface area (Å²) in [5.74, 6) is -6.41. The highest BCUT2D eigenvalue weighted by molar-refractivity contribution is 7.54. The summed E-state index contributed by atoms with van der Waals surface area (Å²) in [6.45, 7) is -6.83. The van der Waals surface area contributed by atoms with Crippen molar-refractivity contribution in [3.63, 3.8) is 0 Å². The molecule has 1 heterocycles. The van der Waals surface area contributed by atoms with Crippen molar-refractivity contribution >= 4 is 30.9 Å². The number of alkyl halides is 2. The number of hydrogen-bond acceptors (Lipinski definition) is 2. The van der Waals surface area contributed by atoms with E-state index in [4.69, 9.17) is 38.7 Å². The Kier molecular flexibility index (Phi) is 2.41. The highest BCUT2D eigenvalue weighted by Gasteiger charge is 2.32. The van der Waals surface area contributed by atoms with Gasteiger partial charge in [-0.2, -0.15) is 0 Å². The van der Waals surface area contributed by atoms with E-state index in [1.54, 1.807) is 0 Å². The maximum Gasteiger partial charge on any atom is 0.343 e. The molecule has 0 aromatic carbocycles. The normalized spacial score (nSPS) is 44.2. The number of halogens is 2. The molecule has 0 aliphatic carbocycles. The Hall–Kier alpha value is 0.690. The first-order chi connectivity index (χ1) is 9.57. The van der Waals surface area contributed by atoms with Crippen molar-refractivity contribution in [3.8, 4) is 0 Å². The van der Waals surface area contributed by atoms with Crippen molar-refractivity contribution in [1.82, 2.24) is 9.76 Å². The zero-order valence-corrected chi connectivity index (χ0v) is 9.49. The van der Waals surface area contributed by atoms with Crippen LogP contribution in [0.25, 0.3) is 0 Å². The Labute approximate surface area is 106 Å². The molecule has 0 spiro atoms. The maximum atomic E-state index is 12.8. The molecular formula is C7H15Cl2N2O2P. The molecule has 2 atom stereocenters. The van der Waals surface area contributed by atoms with Crippen LogP contribution in [0.5, 0.6) is 0 Å². The minimum atomic E-state index is -4.48. The van der Waals surface area contributed by atoms with Crippen LogP contribution in [0.2, 0.25) is 0 Å². The fourth-order valence-corrected chi connectivity index (χ4v) is 2.71. The Morgan fingerprint density at radius 1 is 1.71 bits per heavy atom. The number of hydrogen-bond donors (Lipinski definition) is 1. The largest absolute Gasteiger partial charge is 0.343 e. The fourth-order valence-electron chi connectivity index (χ4n) is 0.895. The van der Waals surface area contributed by atoms with Gasteiger partial charge in [-0.1, -0.05) is 0 Å². The lowest BCUT2D eigenvalue weighted by molar-refractivity contribution is 0.233. The van der Waals surface area contributed by atoms with Crippen LogP contribution in [0.15, 0.2) is 0 Å². The first kappa shape index (κ1) is 5.35. The average Bonchev–Trinajstić information content (AvgIpc) is 2.25. The van der Waals surface area contributed by atoms with Gasteiger partial charge in [0, 0.05) is 42.2 Å². The molecule has 0 amide bonds. The molecule has 0 saturated carbocycles. The Morgan fingerprint density at radius 3 is 3.00 bits per heavy atom. The molecule has 7 heteroatoms. The second-order valence-electron chi connectivity index (χ2n) is 2.34. The first-order valence-electron chi connectivity index (χ1n) is 7.76. The summed E-state index contributed by atoms with van der Waals surface area (Å²) in [7, 11) is -4.48. The van der Waals surface area contributed by atoms with Gasteiger partial charge in [-0.15, -0.1) is 23.2 Å². The topological polar surface area (TPSA) is 41.6 Å². The van der Waals surface area contributed by atoms with Gasteiger partial charge in [0.2, 0.25) is 0 Å². The summed E-state index contributed by atoms with van der Waals surface area (Å²) in [5, 5.41) is 2.28. The number of rotatable bonds is 5. The summed E-state index contributed by atoms with van der Waals surface area (Å²) in [4.78, 5) is 0. The third-order valence-electron chi connectivity index (χ3n) is 1.46. The average molecular weight is 276 g/mol. The standard InChI is InChI=1S/C7H15Cl2N2O2P/c8-2-5-11(6-3-9)14(12)10-4-1-7-13-14/h1-7H2,(H,10,12)/i2TD,3T2,5T2,6T2. The van der Waals surface area contributed by atoms with Crippen LogP contribution in [0, 0.1) is 0 Å². The van der Waals surface area contributed by atoms with E-state index in [0.29, 0.717) is 6.42 Å². The van der Waals surface area contributed by atoms with E-state index in [1.165, 1.54) is 0 Å². The van der Waals surface area contributed by atoms with Gasteiger partial charge in [0.25, 0.3) is 0 Å². The molecule has 0 bridgehead atoms. The fraction of sp³-hybridized carbons (Fsp3) is 1.00. The third kappa shape index (κ3) is 3.37. The molecule has 2 unspecified atom stereocenters. The van der Waals surface area contributed by atoms with Crippen LogP contribution >= 0.6 is 30.9 Å². The highest BCUT2D eigenvalue weighted by atomic mass is 35.5. The predicted octanol–water partition coefficient (Wildman–Crippen LogP) is 1.88. The molecule has 1 rings (SSSR count). The number of nitrogens with zero attached hydrogens (tertiary/aromatic N) is 1. The smallest absolute Gasteiger partial charge is 0.306 e. The molecule has 0 radical (unpaired) electrons. The van der Waals surface area contributed by atoms with E-state index >= 15 is 0 Å². The van der Waals surface area contributed by atoms with E-state index < -0.39 is 32.3 Å². The zero-order chi connectivity index (χ0) is 17.6. The maximum absolute atomic E-state index is 12.8. The minimum absolute atomic E-state index is 0.0799. The van der Waals surface area contributed by atoms with E-state index in [-0.39, 0.29) is 17.8 Å². The van der Waals surface area contributed by atoms with Crippen LogP contribution in [0.1, 0.15) is 17.4 Å². The molecule has 1 N–H and O–H groups in total. The van der Waals surface area contributed by atoms with Gasteiger partial charge in [-0.3, -0.25) is 4.57 Å².